The Morgan fingerprint density at radius 1 is 1.21 bits per heavy atom. The lowest BCUT2D eigenvalue weighted by Gasteiger charge is -2.33. The fourth-order valence-electron chi connectivity index (χ4n) is 2.43. The van der Waals surface area contributed by atoms with Crippen LogP contribution in [0.3, 0.4) is 0 Å². The molecular formula is C16H29N3. The zero-order chi connectivity index (χ0) is 14.4. The molecular weight excluding hydrogens is 234 g/mol. The van der Waals surface area contributed by atoms with E-state index in [0.717, 1.165) is 30.8 Å². The van der Waals surface area contributed by atoms with Crippen LogP contribution in [0.15, 0.2) is 18.3 Å². The van der Waals surface area contributed by atoms with Crippen LogP contribution < -0.4 is 10.6 Å². The van der Waals surface area contributed by atoms with Crippen LogP contribution in [-0.2, 0) is 0 Å². The van der Waals surface area contributed by atoms with Crippen molar-refractivity contribution in [3.8, 4) is 0 Å². The van der Waals surface area contributed by atoms with E-state index in [-0.39, 0.29) is 6.04 Å². The van der Waals surface area contributed by atoms with Gasteiger partial charge in [0, 0.05) is 24.8 Å². The van der Waals surface area contributed by atoms with Gasteiger partial charge in [0.05, 0.1) is 0 Å². The molecule has 1 heterocycles. The van der Waals surface area contributed by atoms with Gasteiger partial charge in [-0.05, 0) is 43.4 Å². The SMILES string of the molecule is CCC(CC)N(CC(C)C)c1cc([C@@H](C)N)ccn1. The highest BCUT2D eigenvalue weighted by Crippen LogP contribution is 2.22. The molecule has 0 amide bonds. The molecule has 0 bridgehead atoms. The number of aromatic nitrogens is 1. The Labute approximate surface area is 118 Å². The molecule has 0 unspecified atom stereocenters. The second-order valence-electron chi connectivity index (χ2n) is 5.75. The first-order valence-electron chi connectivity index (χ1n) is 7.47. The van der Waals surface area contributed by atoms with Crippen molar-refractivity contribution in [2.75, 3.05) is 11.4 Å². The Balaban J connectivity index is 3.05. The van der Waals surface area contributed by atoms with Crippen molar-refractivity contribution in [2.24, 2.45) is 11.7 Å². The van der Waals surface area contributed by atoms with Gasteiger partial charge in [-0.1, -0.05) is 27.7 Å². The molecule has 1 rings (SSSR count). The van der Waals surface area contributed by atoms with Crippen LogP contribution in [-0.4, -0.2) is 17.6 Å². The van der Waals surface area contributed by atoms with Gasteiger partial charge in [0.1, 0.15) is 5.82 Å². The summed E-state index contributed by atoms with van der Waals surface area (Å²) in [6, 6.07) is 4.77. The number of anilines is 1. The van der Waals surface area contributed by atoms with Crippen molar-refractivity contribution < 1.29 is 0 Å². The zero-order valence-corrected chi connectivity index (χ0v) is 13.1. The van der Waals surface area contributed by atoms with Crippen LogP contribution in [0.25, 0.3) is 0 Å². The number of hydrogen-bond acceptors (Lipinski definition) is 3. The highest BCUT2D eigenvalue weighted by molar-refractivity contribution is 5.43. The molecule has 0 radical (unpaired) electrons. The van der Waals surface area contributed by atoms with E-state index in [1.165, 1.54) is 0 Å². The maximum absolute atomic E-state index is 5.98. The number of nitrogens with zero attached hydrogens (tertiary/aromatic N) is 2. The van der Waals surface area contributed by atoms with Gasteiger partial charge in [-0.15, -0.1) is 0 Å². The third-order valence-corrected chi connectivity index (χ3v) is 3.53. The van der Waals surface area contributed by atoms with E-state index in [1.807, 2.05) is 19.2 Å². The van der Waals surface area contributed by atoms with E-state index in [4.69, 9.17) is 5.73 Å². The maximum Gasteiger partial charge on any atom is 0.129 e. The fourth-order valence-corrected chi connectivity index (χ4v) is 2.43. The first kappa shape index (κ1) is 16.0. The molecule has 3 heteroatoms. The molecule has 0 aliphatic rings. The second kappa shape index (κ2) is 7.49. The number of hydrogen-bond donors (Lipinski definition) is 1. The van der Waals surface area contributed by atoms with Crippen LogP contribution in [0.2, 0.25) is 0 Å². The summed E-state index contributed by atoms with van der Waals surface area (Å²) in [4.78, 5) is 7.00. The molecule has 0 aliphatic heterocycles. The molecule has 19 heavy (non-hydrogen) atoms. The normalized spacial score (nSPS) is 13.1. The first-order chi connectivity index (χ1) is 8.99. The molecule has 0 aliphatic carbocycles. The standard InChI is InChI=1S/C16H29N3/c1-6-15(7-2)19(11-12(3)4)16-10-14(13(5)17)8-9-18-16/h8-10,12-13,15H,6-7,11,17H2,1-5H3/t13-/m1/s1. The highest BCUT2D eigenvalue weighted by Gasteiger charge is 2.18. The molecule has 0 saturated heterocycles. The molecule has 2 N–H and O–H groups in total. The predicted molar refractivity (Wildman–Crippen MR) is 83.4 cm³/mol. The summed E-state index contributed by atoms with van der Waals surface area (Å²) in [6.45, 7) is 12.1. The molecule has 1 atom stereocenters. The molecule has 1 aromatic rings. The third kappa shape index (κ3) is 4.50. The van der Waals surface area contributed by atoms with E-state index >= 15 is 0 Å². The van der Waals surface area contributed by atoms with Gasteiger partial charge in [0.15, 0.2) is 0 Å². The third-order valence-electron chi connectivity index (χ3n) is 3.53. The Hall–Kier alpha value is -1.09. The average Bonchev–Trinajstić information content (AvgIpc) is 2.38. The summed E-state index contributed by atoms with van der Waals surface area (Å²) < 4.78 is 0. The van der Waals surface area contributed by atoms with Gasteiger partial charge in [0.2, 0.25) is 0 Å². The van der Waals surface area contributed by atoms with Gasteiger partial charge in [-0.25, -0.2) is 4.98 Å². The Bertz CT molecular complexity index is 370. The van der Waals surface area contributed by atoms with E-state index < -0.39 is 0 Å². The van der Waals surface area contributed by atoms with Crippen LogP contribution >= 0.6 is 0 Å². The van der Waals surface area contributed by atoms with Crippen LogP contribution in [0.5, 0.6) is 0 Å². The largest absolute Gasteiger partial charge is 0.353 e. The summed E-state index contributed by atoms with van der Waals surface area (Å²) in [7, 11) is 0. The zero-order valence-electron chi connectivity index (χ0n) is 13.1. The minimum Gasteiger partial charge on any atom is -0.353 e. The van der Waals surface area contributed by atoms with Crippen molar-refractivity contribution in [1.82, 2.24) is 4.98 Å². The van der Waals surface area contributed by atoms with Crippen molar-refractivity contribution in [3.63, 3.8) is 0 Å². The number of pyridine rings is 1. The molecule has 0 aromatic carbocycles. The van der Waals surface area contributed by atoms with Crippen molar-refractivity contribution in [1.29, 1.82) is 0 Å². The van der Waals surface area contributed by atoms with Gasteiger partial charge in [-0.3, -0.25) is 0 Å². The molecule has 0 spiro atoms. The second-order valence-corrected chi connectivity index (χ2v) is 5.75. The van der Waals surface area contributed by atoms with E-state index in [2.05, 4.69) is 43.6 Å². The number of rotatable bonds is 7. The fraction of sp³-hybridized carbons (Fsp3) is 0.688. The summed E-state index contributed by atoms with van der Waals surface area (Å²) in [5.74, 6) is 1.69. The van der Waals surface area contributed by atoms with Gasteiger partial charge in [0.25, 0.3) is 0 Å². The van der Waals surface area contributed by atoms with Gasteiger partial charge in [-0.2, -0.15) is 0 Å². The first-order valence-corrected chi connectivity index (χ1v) is 7.47. The Morgan fingerprint density at radius 2 is 1.84 bits per heavy atom. The molecule has 0 saturated carbocycles. The Kier molecular flexibility index (Phi) is 6.29. The highest BCUT2D eigenvalue weighted by atomic mass is 15.2. The topological polar surface area (TPSA) is 42.1 Å². The van der Waals surface area contributed by atoms with Crippen molar-refractivity contribution in [3.05, 3.63) is 23.9 Å². The van der Waals surface area contributed by atoms with Gasteiger partial charge < -0.3 is 10.6 Å². The lowest BCUT2D eigenvalue weighted by molar-refractivity contribution is 0.503. The van der Waals surface area contributed by atoms with Crippen LogP contribution in [0.1, 0.15) is 59.1 Å². The molecule has 1 aromatic heterocycles. The molecule has 3 nitrogen and oxygen atoms in total. The van der Waals surface area contributed by atoms with Crippen LogP contribution in [0, 0.1) is 5.92 Å². The molecule has 108 valence electrons. The lowest BCUT2D eigenvalue weighted by atomic mass is 10.1. The smallest absolute Gasteiger partial charge is 0.129 e. The summed E-state index contributed by atoms with van der Waals surface area (Å²) in [6.07, 6.45) is 4.17. The molecule has 0 fully saturated rings. The average molecular weight is 263 g/mol. The predicted octanol–water partition coefficient (Wildman–Crippen LogP) is 3.75. The van der Waals surface area contributed by atoms with Crippen molar-refractivity contribution >= 4 is 5.82 Å². The van der Waals surface area contributed by atoms with Crippen LogP contribution in [0.4, 0.5) is 5.82 Å². The minimum absolute atomic E-state index is 0.0596. The van der Waals surface area contributed by atoms with E-state index in [1.54, 1.807) is 0 Å². The summed E-state index contributed by atoms with van der Waals surface area (Å²) in [5, 5.41) is 0. The summed E-state index contributed by atoms with van der Waals surface area (Å²) >= 11 is 0. The van der Waals surface area contributed by atoms with E-state index in [9.17, 15) is 0 Å². The van der Waals surface area contributed by atoms with Gasteiger partial charge >= 0.3 is 0 Å². The van der Waals surface area contributed by atoms with E-state index in [0.29, 0.717) is 12.0 Å². The Morgan fingerprint density at radius 3 is 2.32 bits per heavy atom. The lowest BCUT2D eigenvalue weighted by Crippen LogP contribution is -2.38. The monoisotopic (exact) mass is 263 g/mol. The minimum atomic E-state index is 0.0596. The maximum atomic E-state index is 5.98. The van der Waals surface area contributed by atoms with Crippen molar-refractivity contribution in [2.45, 2.75) is 59.5 Å². The summed E-state index contributed by atoms with van der Waals surface area (Å²) in [5.41, 5.74) is 7.14. The quantitative estimate of drug-likeness (QED) is 0.814. The number of nitrogens with two attached hydrogens (primary N) is 1.